The molecule has 2 aliphatic heterocycles. The number of hydrogen-bond donors (Lipinski definition) is 0. The number of ether oxygens (including phenoxy) is 1. The molecule has 1 unspecified atom stereocenters. The summed E-state index contributed by atoms with van der Waals surface area (Å²) in [5, 5.41) is 1.50. The summed E-state index contributed by atoms with van der Waals surface area (Å²) in [4.78, 5) is 38.0. The minimum Gasteiger partial charge on any atom is -0.493 e. The van der Waals surface area contributed by atoms with E-state index in [1.54, 1.807) is 6.07 Å². The zero-order chi connectivity index (χ0) is 24.3. The molecule has 0 radical (unpaired) electrons. The van der Waals surface area contributed by atoms with Crippen LogP contribution in [0.25, 0.3) is 0 Å². The molecule has 2 saturated heterocycles. The Balaban J connectivity index is 1.53. The lowest BCUT2D eigenvalue weighted by molar-refractivity contribution is -0.137. The van der Waals surface area contributed by atoms with Crippen LogP contribution in [0.3, 0.4) is 0 Å². The van der Waals surface area contributed by atoms with Gasteiger partial charge in [0, 0.05) is 56.1 Å². The van der Waals surface area contributed by atoms with Gasteiger partial charge in [-0.2, -0.15) is 0 Å². The Hall–Kier alpha value is -2.16. The molecule has 3 heterocycles. The second-order valence-corrected chi connectivity index (χ2v) is 11.2. The Morgan fingerprint density at radius 2 is 1.91 bits per heavy atom. The van der Waals surface area contributed by atoms with Gasteiger partial charge in [0.2, 0.25) is 5.91 Å². The number of amides is 2. The predicted molar refractivity (Wildman–Crippen MR) is 135 cm³/mol. The second-order valence-electron chi connectivity index (χ2n) is 9.58. The van der Waals surface area contributed by atoms with E-state index < -0.39 is 5.41 Å². The van der Waals surface area contributed by atoms with E-state index in [0.717, 1.165) is 49.7 Å². The molecule has 9 heteroatoms. The highest BCUT2D eigenvalue weighted by atomic mass is 35.5. The molecule has 1 aromatic heterocycles. The van der Waals surface area contributed by atoms with E-state index in [9.17, 15) is 9.59 Å². The number of halogens is 1. The number of aromatic nitrogens is 1. The SMILES string of the molecule is Cc1nc(C)c(C(=O)N2CCCC(COc3cccc(Cl)c3)(CC(=O)N3CCN(C)CC3)C2)s1. The highest BCUT2D eigenvalue weighted by Crippen LogP contribution is 2.37. The Bertz CT molecular complexity index is 1040. The minimum atomic E-state index is -0.454. The van der Waals surface area contributed by atoms with Crippen LogP contribution in [0.15, 0.2) is 24.3 Å². The first kappa shape index (κ1) is 24.9. The van der Waals surface area contributed by atoms with E-state index >= 15 is 0 Å². The normalized spacial score (nSPS) is 21.5. The molecule has 2 aromatic rings. The zero-order valence-electron chi connectivity index (χ0n) is 20.2. The number of hydrogen-bond acceptors (Lipinski definition) is 6. The molecular formula is C25H33ClN4O3S. The van der Waals surface area contributed by atoms with Gasteiger partial charge in [-0.15, -0.1) is 11.3 Å². The number of benzene rings is 1. The Morgan fingerprint density at radius 3 is 2.59 bits per heavy atom. The molecule has 0 saturated carbocycles. The van der Waals surface area contributed by atoms with Crippen molar-refractivity contribution in [1.29, 1.82) is 0 Å². The van der Waals surface area contributed by atoms with Crippen LogP contribution >= 0.6 is 22.9 Å². The molecule has 1 aromatic carbocycles. The number of likely N-dealkylation sites (tertiary alicyclic amines) is 1. The summed E-state index contributed by atoms with van der Waals surface area (Å²) in [6.45, 7) is 8.57. The Labute approximate surface area is 210 Å². The van der Waals surface area contributed by atoms with Gasteiger partial charge in [0.05, 0.1) is 17.3 Å². The van der Waals surface area contributed by atoms with Crippen molar-refractivity contribution in [3.63, 3.8) is 0 Å². The van der Waals surface area contributed by atoms with Crippen LogP contribution in [0.1, 0.15) is 39.6 Å². The third-order valence-corrected chi connectivity index (χ3v) is 8.07. The standard InChI is InChI=1S/C25H33ClN4O3S/c1-18-23(34-19(2)27-18)24(32)30-9-5-8-25(16-30,17-33-21-7-4-6-20(26)14-21)15-22(31)29-12-10-28(3)11-13-29/h4,6-7,14H,5,8-13,15-17H2,1-3H3. The van der Waals surface area contributed by atoms with Crippen molar-refractivity contribution >= 4 is 34.8 Å². The summed E-state index contributed by atoms with van der Waals surface area (Å²) in [5.41, 5.74) is 0.317. The van der Waals surface area contributed by atoms with Crippen LogP contribution in [0.2, 0.25) is 5.02 Å². The molecule has 0 bridgehead atoms. The van der Waals surface area contributed by atoms with Gasteiger partial charge < -0.3 is 19.4 Å². The summed E-state index contributed by atoms with van der Waals surface area (Å²) >= 11 is 7.58. The van der Waals surface area contributed by atoms with Crippen LogP contribution in [-0.2, 0) is 4.79 Å². The third-order valence-electron chi connectivity index (χ3n) is 6.77. The summed E-state index contributed by atoms with van der Waals surface area (Å²) in [5.74, 6) is 0.820. The fourth-order valence-electron chi connectivity index (χ4n) is 4.85. The highest BCUT2D eigenvalue weighted by Gasteiger charge is 2.41. The Kier molecular flexibility index (Phi) is 7.80. The van der Waals surface area contributed by atoms with Crippen molar-refractivity contribution in [3.05, 3.63) is 44.9 Å². The van der Waals surface area contributed by atoms with Crippen molar-refractivity contribution < 1.29 is 14.3 Å². The van der Waals surface area contributed by atoms with E-state index in [4.69, 9.17) is 16.3 Å². The number of rotatable bonds is 6. The van der Waals surface area contributed by atoms with Gasteiger partial charge in [0.15, 0.2) is 0 Å². The first-order chi connectivity index (χ1) is 16.2. The number of piperazine rings is 1. The van der Waals surface area contributed by atoms with Gasteiger partial charge in [-0.05, 0) is 51.9 Å². The molecule has 0 spiro atoms. The first-order valence-corrected chi connectivity index (χ1v) is 13.0. The second kappa shape index (κ2) is 10.6. The monoisotopic (exact) mass is 504 g/mol. The number of thiazole rings is 1. The molecule has 2 amide bonds. The molecule has 1 atom stereocenters. The maximum absolute atomic E-state index is 13.4. The number of carbonyl (C=O) groups excluding carboxylic acids is 2. The summed E-state index contributed by atoms with van der Waals surface area (Å²) in [6.07, 6.45) is 2.02. The largest absolute Gasteiger partial charge is 0.493 e. The van der Waals surface area contributed by atoms with Crippen LogP contribution < -0.4 is 4.74 Å². The number of carbonyl (C=O) groups is 2. The van der Waals surface area contributed by atoms with E-state index in [1.807, 2.05) is 41.8 Å². The summed E-state index contributed by atoms with van der Waals surface area (Å²) in [7, 11) is 2.08. The average molecular weight is 505 g/mol. The zero-order valence-corrected chi connectivity index (χ0v) is 21.8. The number of nitrogens with zero attached hydrogens (tertiary/aromatic N) is 4. The molecule has 184 valence electrons. The summed E-state index contributed by atoms with van der Waals surface area (Å²) < 4.78 is 6.19. The minimum absolute atomic E-state index is 0.00183. The fraction of sp³-hybridized carbons (Fsp3) is 0.560. The van der Waals surface area contributed by atoms with Crippen LogP contribution in [0.5, 0.6) is 5.75 Å². The van der Waals surface area contributed by atoms with Crippen LogP contribution in [0, 0.1) is 19.3 Å². The van der Waals surface area contributed by atoms with Crippen molar-refractivity contribution in [1.82, 2.24) is 19.7 Å². The van der Waals surface area contributed by atoms with Crippen molar-refractivity contribution in [2.45, 2.75) is 33.1 Å². The van der Waals surface area contributed by atoms with Crippen LogP contribution in [-0.4, -0.2) is 84.4 Å². The van der Waals surface area contributed by atoms with E-state index in [0.29, 0.717) is 41.8 Å². The highest BCUT2D eigenvalue weighted by molar-refractivity contribution is 7.13. The van der Waals surface area contributed by atoms with Crippen molar-refractivity contribution in [3.8, 4) is 5.75 Å². The number of aryl methyl sites for hydroxylation is 2. The molecule has 34 heavy (non-hydrogen) atoms. The lowest BCUT2D eigenvalue weighted by Crippen LogP contribution is -2.53. The van der Waals surface area contributed by atoms with Crippen molar-refractivity contribution in [2.24, 2.45) is 5.41 Å². The molecular weight excluding hydrogens is 472 g/mol. The van der Waals surface area contributed by atoms with Gasteiger partial charge in [-0.25, -0.2) is 4.98 Å². The summed E-state index contributed by atoms with van der Waals surface area (Å²) in [6, 6.07) is 7.32. The predicted octanol–water partition coefficient (Wildman–Crippen LogP) is 3.88. The lowest BCUT2D eigenvalue weighted by atomic mass is 9.77. The van der Waals surface area contributed by atoms with E-state index in [2.05, 4.69) is 16.9 Å². The fourth-order valence-corrected chi connectivity index (χ4v) is 5.92. The van der Waals surface area contributed by atoms with Crippen molar-refractivity contribution in [2.75, 3.05) is 52.9 Å². The van der Waals surface area contributed by atoms with Gasteiger partial charge in [0.25, 0.3) is 5.91 Å². The Morgan fingerprint density at radius 1 is 1.15 bits per heavy atom. The van der Waals surface area contributed by atoms with Gasteiger partial charge in [-0.1, -0.05) is 17.7 Å². The van der Waals surface area contributed by atoms with Crippen LogP contribution in [0.4, 0.5) is 0 Å². The van der Waals surface area contributed by atoms with Gasteiger partial charge in [0.1, 0.15) is 10.6 Å². The topological polar surface area (TPSA) is 66.0 Å². The van der Waals surface area contributed by atoms with E-state index in [1.165, 1.54) is 11.3 Å². The molecule has 2 fully saturated rings. The first-order valence-electron chi connectivity index (χ1n) is 11.8. The molecule has 4 rings (SSSR count). The molecule has 7 nitrogen and oxygen atoms in total. The van der Waals surface area contributed by atoms with Gasteiger partial charge in [-0.3, -0.25) is 9.59 Å². The number of likely N-dealkylation sites (N-methyl/N-ethyl adjacent to an activating group) is 1. The maximum atomic E-state index is 13.4. The molecule has 0 N–H and O–H groups in total. The number of piperidine rings is 1. The smallest absolute Gasteiger partial charge is 0.265 e. The van der Waals surface area contributed by atoms with E-state index in [-0.39, 0.29) is 11.8 Å². The lowest BCUT2D eigenvalue weighted by Gasteiger charge is -2.43. The third kappa shape index (κ3) is 5.90. The average Bonchev–Trinajstić information content (AvgIpc) is 3.15. The quantitative estimate of drug-likeness (QED) is 0.597. The molecule has 2 aliphatic rings. The maximum Gasteiger partial charge on any atom is 0.265 e. The molecule has 0 aliphatic carbocycles. The van der Waals surface area contributed by atoms with Gasteiger partial charge >= 0.3 is 0 Å².